The fourth-order valence-electron chi connectivity index (χ4n) is 0.995. The lowest BCUT2D eigenvalue weighted by Crippen LogP contribution is -2.42. The minimum absolute atomic E-state index is 0.211. The molecule has 0 spiro atoms. The van der Waals surface area contributed by atoms with Crippen LogP contribution in [0.15, 0.2) is 12.3 Å². The van der Waals surface area contributed by atoms with Crippen LogP contribution in [0.4, 0.5) is 0 Å². The number of rotatable bonds is 2. The van der Waals surface area contributed by atoms with Gasteiger partial charge in [0.15, 0.2) is 0 Å². The van der Waals surface area contributed by atoms with Gasteiger partial charge in [0, 0.05) is 6.92 Å². The number of carbonyl (C=O) groups is 1. The highest BCUT2D eigenvalue weighted by Gasteiger charge is 2.27. The quantitative estimate of drug-likeness (QED) is 0.540. The van der Waals surface area contributed by atoms with E-state index in [4.69, 9.17) is 20.1 Å². The summed E-state index contributed by atoms with van der Waals surface area (Å²) in [7, 11) is 0. The Bertz CT molecular complexity index is 227. The SMILES string of the molecule is CCOC(C)=O.OC[C@H]1OC=C[C@@H](O)[C@@H]1O. The van der Waals surface area contributed by atoms with Crippen molar-refractivity contribution in [3.05, 3.63) is 12.3 Å². The molecule has 0 aromatic rings. The van der Waals surface area contributed by atoms with Crippen molar-refractivity contribution in [2.45, 2.75) is 32.2 Å². The van der Waals surface area contributed by atoms with Gasteiger partial charge in [-0.15, -0.1) is 0 Å². The number of ether oxygens (including phenoxy) is 2. The molecule has 3 atom stereocenters. The molecule has 1 rings (SSSR count). The fraction of sp³-hybridized carbons (Fsp3) is 0.700. The Hall–Kier alpha value is -1.11. The molecular weight excluding hydrogens is 216 g/mol. The van der Waals surface area contributed by atoms with Crippen LogP contribution < -0.4 is 0 Å². The second kappa shape index (κ2) is 8.09. The van der Waals surface area contributed by atoms with Crippen LogP contribution in [0.3, 0.4) is 0 Å². The molecule has 0 aromatic heterocycles. The molecule has 0 unspecified atom stereocenters. The van der Waals surface area contributed by atoms with Crippen molar-refractivity contribution >= 4 is 5.97 Å². The Morgan fingerprint density at radius 2 is 2.12 bits per heavy atom. The average Bonchev–Trinajstić information content (AvgIpc) is 2.23. The Morgan fingerprint density at radius 1 is 1.50 bits per heavy atom. The van der Waals surface area contributed by atoms with Crippen LogP contribution in [0.25, 0.3) is 0 Å². The van der Waals surface area contributed by atoms with Crippen molar-refractivity contribution < 1.29 is 29.6 Å². The van der Waals surface area contributed by atoms with E-state index in [0.29, 0.717) is 6.61 Å². The predicted octanol–water partition coefficient (Wildman–Crippen LogP) is -0.818. The van der Waals surface area contributed by atoms with E-state index in [9.17, 15) is 4.79 Å². The maximum absolute atomic E-state index is 9.82. The van der Waals surface area contributed by atoms with E-state index >= 15 is 0 Å². The maximum atomic E-state index is 9.82. The molecule has 6 nitrogen and oxygen atoms in total. The van der Waals surface area contributed by atoms with Crippen molar-refractivity contribution in [2.75, 3.05) is 13.2 Å². The van der Waals surface area contributed by atoms with Crippen molar-refractivity contribution in [3.8, 4) is 0 Å². The highest BCUT2D eigenvalue weighted by Crippen LogP contribution is 2.10. The van der Waals surface area contributed by atoms with Gasteiger partial charge in [0.2, 0.25) is 0 Å². The van der Waals surface area contributed by atoms with E-state index in [-0.39, 0.29) is 12.6 Å². The molecule has 0 fully saturated rings. The maximum Gasteiger partial charge on any atom is 0.302 e. The minimum Gasteiger partial charge on any atom is -0.493 e. The van der Waals surface area contributed by atoms with Crippen LogP contribution in [-0.4, -0.2) is 52.8 Å². The minimum atomic E-state index is -1.02. The Balaban J connectivity index is 0.000000325. The van der Waals surface area contributed by atoms with Gasteiger partial charge in [0.1, 0.15) is 18.3 Å². The third-order valence-corrected chi connectivity index (χ3v) is 1.79. The molecule has 16 heavy (non-hydrogen) atoms. The molecule has 0 saturated carbocycles. The molecule has 0 amide bonds. The van der Waals surface area contributed by atoms with Crippen LogP contribution >= 0.6 is 0 Å². The van der Waals surface area contributed by atoms with E-state index in [2.05, 4.69) is 4.74 Å². The summed E-state index contributed by atoms with van der Waals surface area (Å²) in [6.45, 7) is 3.36. The van der Waals surface area contributed by atoms with Crippen molar-refractivity contribution in [3.63, 3.8) is 0 Å². The zero-order chi connectivity index (χ0) is 12.6. The Morgan fingerprint density at radius 3 is 2.44 bits per heavy atom. The topological polar surface area (TPSA) is 96.2 Å². The monoisotopic (exact) mass is 234 g/mol. The summed E-state index contributed by atoms with van der Waals surface area (Å²) in [5.41, 5.74) is 0. The van der Waals surface area contributed by atoms with E-state index in [1.54, 1.807) is 6.92 Å². The zero-order valence-corrected chi connectivity index (χ0v) is 9.37. The van der Waals surface area contributed by atoms with Crippen LogP contribution in [0, 0.1) is 0 Å². The smallest absolute Gasteiger partial charge is 0.302 e. The number of hydrogen-bond acceptors (Lipinski definition) is 6. The zero-order valence-electron chi connectivity index (χ0n) is 9.37. The second-order valence-electron chi connectivity index (χ2n) is 3.09. The third kappa shape index (κ3) is 5.69. The first-order valence-electron chi connectivity index (χ1n) is 4.95. The van der Waals surface area contributed by atoms with Gasteiger partial charge in [-0.05, 0) is 13.0 Å². The van der Waals surface area contributed by atoms with Crippen molar-refractivity contribution in [1.82, 2.24) is 0 Å². The normalized spacial score (nSPS) is 27.4. The van der Waals surface area contributed by atoms with Gasteiger partial charge in [-0.3, -0.25) is 4.79 Å². The predicted molar refractivity (Wildman–Crippen MR) is 55.4 cm³/mol. The van der Waals surface area contributed by atoms with Crippen LogP contribution in [0.2, 0.25) is 0 Å². The number of hydrogen-bond donors (Lipinski definition) is 3. The summed E-state index contributed by atoms with van der Waals surface area (Å²) in [6, 6.07) is 0. The number of carbonyl (C=O) groups excluding carboxylic acids is 1. The molecular formula is C10H18O6. The lowest BCUT2D eigenvalue weighted by Gasteiger charge is -2.26. The Labute approximate surface area is 94.1 Å². The molecule has 1 aliphatic rings. The summed E-state index contributed by atoms with van der Waals surface area (Å²) in [4.78, 5) is 9.82. The van der Waals surface area contributed by atoms with Gasteiger partial charge in [0.25, 0.3) is 0 Å². The summed E-state index contributed by atoms with van der Waals surface area (Å²) in [6.07, 6.45) is -0.0318. The molecule has 0 aliphatic carbocycles. The van der Waals surface area contributed by atoms with E-state index in [1.807, 2.05) is 0 Å². The molecule has 6 heteroatoms. The van der Waals surface area contributed by atoms with E-state index in [1.165, 1.54) is 19.3 Å². The van der Waals surface area contributed by atoms with Crippen LogP contribution in [0.1, 0.15) is 13.8 Å². The first-order valence-corrected chi connectivity index (χ1v) is 4.95. The first-order chi connectivity index (χ1) is 7.52. The van der Waals surface area contributed by atoms with Gasteiger partial charge in [-0.1, -0.05) is 0 Å². The number of esters is 1. The average molecular weight is 234 g/mol. The molecule has 94 valence electrons. The summed E-state index contributed by atoms with van der Waals surface area (Å²) >= 11 is 0. The third-order valence-electron chi connectivity index (χ3n) is 1.79. The second-order valence-corrected chi connectivity index (χ2v) is 3.09. The lowest BCUT2D eigenvalue weighted by molar-refractivity contribution is -0.140. The highest BCUT2D eigenvalue weighted by atomic mass is 16.5. The van der Waals surface area contributed by atoms with E-state index < -0.39 is 18.3 Å². The van der Waals surface area contributed by atoms with Gasteiger partial charge in [0.05, 0.1) is 19.5 Å². The summed E-state index contributed by atoms with van der Waals surface area (Å²) in [5.74, 6) is -0.211. The largest absolute Gasteiger partial charge is 0.493 e. The molecule has 1 aliphatic heterocycles. The molecule has 0 aromatic carbocycles. The van der Waals surface area contributed by atoms with Crippen LogP contribution in [0.5, 0.6) is 0 Å². The molecule has 1 heterocycles. The lowest BCUT2D eigenvalue weighted by atomic mass is 10.1. The van der Waals surface area contributed by atoms with Gasteiger partial charge < -0.3 is 24.8 Å². The standard InChI is InChI=1S/C6H10O4.C4H8O2/c7-3-5-6(9)4(8)1-2-10-5;1-3-6-4(2)5/h1-2,4-9H,3H2;3H2,1-2H3/t4-,5-,6+;/m1./s1. The van der Waals surface area contributed by atoms with Crippen LogP contribution in [-0.2, 0) is 14.3 Å². The highest BCUT2D eigenvalue weighted by molar-refractivity contribution is 5.65. The van der Waals surface area contributed by atoms with E-state index in [0.717, 1.165) is 0 Å². The molecule has 0 saturated heterocycles. The molecule has 0 radical (unpaired) electrons. The summed E-state index contributed by atoms with van der Waals surface area (Å²) in [5, 5.41) is 26.6. The number of aliphatic hydroxyl groups excluding tert-OH is 3. The molecule has 0 bridgehead atoms. The van der Waals surface area contributed by atoms with Gasteiger partial charge in [-0.2, -0.15) is 0 Å². The van der Waals surface area contributed by atoms with Gasteiger partial charge in [-0.25, -0.2) is 0 Å². The van der Waals surface area contributed by atoms with Gasteiger partial charge >= 0.3 is 5.97 Å². The first kappa shape index (κ1) is 14.9. The Kier molecular flexibility index (Phi) is 7.53. The fourth-order valence-corrected chi connectivity index (χ4v) is 0.995. The van der Waals surface area contributed by atoms with Crippen molar-refractivity contribution in [2.24, 2.45) is 0 Å². The molecule has 3 N–H and O–H groups in total. The summed E-state index contributed by atoms with van der Waals surface area (Å²) < 4.78 is 9.17. The number of aliphatic hydroxyl groups is 3. The van der Waals surface area contributed by atoms with Crippen molar-refractivity contribution in [1.29, 1.82) is 0 Å².